The molecule has 2 fully saturated rings. The Kier molecular flexibility index (Phi) is 4.27. The summed E-state index contributed by atoms with van der Waals surface area (Å²) in [6, 6.07) is 6.01. The van der Waals surface area contributed by atoms with Crippen LogP contribution in [0, 0.1) is 0 Å². The van der Waals surface area contributed by atoms with Gasteiger partial charge < -0.3 is 9.80 Å². The molecule has 20 heavy (non-hydrogen) atoms. The first-order valence-electron chi connectivity index (χ1n) is 7.31. The Morgan fingerprint density at radius 3 is 1.60 bits per heavy atom. The van der Waals surface area contributed by atoms with E-state index in [-0.39, 0.29) is 0 Å². The van der Waals surface area contributed by atoms with Crippen LogP contribution in [0.3, 0.4) is 0 Å². The van der Waals surface area contributed by atoms with Crippen LogP contribution in [-0.4, -0.2) is 50.9 Å². The van der Waals surface area contributed by atoms with E-state index in [0.29, 0.717) is 0 Å². The Hall–Kier alpha value is -1.07. The van der Waals surface area contributed by atoms with Crippen LogP contribution >= 0.6 is 24.4 Å². The molecule has 0 N–H and O–H groups in total. The number of thiocarbonyl (C=S) groups is 2. The molecule has 0 unspecified atom stereocenters. The van der Waals surface area contributed by atoms with Crippen molar-refractivity contribution in [1.82, 2.24) is 14.8 Å². The van der Waals surface area contributed by atoms with Gasteiger partial charge in [-0.05, 0) is 37.8 Å². The number of hydrogen-bond acceptors (Lipinski definition) is 3. The molecule has 5 heteroatoms. The third kappa shape index (κ3) is 2.83. The summed E-state index contributed by atoms with van der Waals surface area (Å²) in [5, 5.41) is 0. The average Bonchev–Trinajstić information content (AvgIpc) is 3.18. The van der Waals surface area contributed by atoms with E-state index in [1.165, 1.54) is 25.7 Å². The molecule has 2 aliphatic heterocycles. The lowest BCUT2D eigenvalue weighted by Crippen LogP contribution is -2.30. The van der Waals surface area contributed by atoms with E-state index in [2.05, 4.69) is 9.80 Å². The smallest absolute Gasteiger partial charge is 0.127 e. The predicted octanol–water partition coefficient (Wildman–Crippen LogP) is 2.62. The summed E-state index contributed by atoms with van der Waals surface area (Å²) in [7, 11) is 0. The molecular formula is C15H19N3S2. The summed E-state index contributed by atoms with van der Waals surface area (Å²) in [5.41, 5.74) is 1.78. The van der Waals surface area contributed by atoms with E-state index in [1.807, 2.05) is 18.2 Å². The molecule has 106 valence electrons. The van der Waals surface area contributed by atoms with Gasteiger partial charge in [-0.25, -0.2) is 4.98 Å². The van der Waals surface area contributed by atoms with Gasteiger partial charge in [0.15, 0.2) is 0 Å². The lowest BCUT2D eigenvalue weighted by molar-refractivity contribution is 0.526. The second kappa shape index (κ2) is 6.14. The van der Waals surface area contributed by atoms with Crippen molar-refractivity contribution in [3.05, 3.63) is 29.6 Å². The van der Waals surface area contributed by atoms with E-state index < -0.39 is 0 Å². The summed E-state index contributed by atoms with van der Waals surface area (Å²) in [6.45, 7) is 4.23. The minimum Gasteiger partial charge on any atom is -0.361 e. The monoisotopic (exact) mass is 305 g/mol. The van der Waals surface area contributed by atoms with Gasteiger partial charge in [0.1, 0.15) is 9.98 Å². The average molecular weight is 305 g/mol. The molecule has 0 atom stereocenters. The quantitative estimate of drug-likeness (QED) is 0.780. The van der Waals surface area contributed by atoms with Crippen LogP contribution < -0.4 is 0 Å². The van der Waals surface area contributed by atoms with Gasteiger partial charge in [0.2, 0.25) is 0 Å². The molecule has 0 aromatic carbocycles. The van der Waals surface area contributed by atoms with Crippen molar-refractivity contribution in [2.45, 2.75) is 25.7 Å². The molecule has 3 heterocycles. The van der Waals surface area contributed by atoms with Crippen LogP contribution in [0.2, 0.25) is 0 Å². The first-order valence-corrected chi connectivity index (χ1v) is 8.13. The third-order valence-electron chi connectivity index (χ3n) is 3.97. The van der Waals surface area contributed by atoms with Crippen LogP contribution in [0.5, 0.6) is 0 Å². The second-order valence-corrected chi connectivity index (χ2v) is 6.18. The highest BCUT2D eigenvalue weighted by atomic mass is 32.1. The van der Waals surface area contributed by atoms with Crippen molar-refractivity contribution < 1.29 is 0 Å². The molecule has 0 bridgehead atoms. The molecule has 0 radical (unpaired) electrons. The highest BCUT2D eigenvalue weighted by molar-refractivity contribution is 7.81. The van der Waals surface area contributed by atoms with E-state index in [0.717, 1.165) is 47.5 Å². The molecule has 0 saturated carbocycles. The lowest BCUT2D eigenvalue weighted by atomic mass is 10.2. The zero-order valence-corrected chi connectivity index (χ0v) is 13.2. The van der Waals surface area contributed by atoms with E-state index >= 15 is 0 Å². The summed E-state index contributed by atoms with van der Waals surface area (Å²) in [5.74, 6) is 0. The molecule has 0 spiro atoms. The van der Waals surface area contributed by atoms with Crippen LogP contribution in [0.25, 0.3) is 0 Å². The zero-order valence-electron chi connectivity index (χ0n) is 11.5. The van der Waals surface area contributed by atoms with Crippen molar-refractivity contribution in [2.24, 2.45) is 0 Å². The minimum atomic E-state index is 0.869. The summed E-state index contributed by atoms with van der Waals surface area (Å²) in [4.78, 5) is 10.9. The van der Waals surface area contributed by atoms with Gasteiger partial charge in [0, 0.05) is 26.2 Å². The van der Waals surface area contributed by atoms with Crippen molar-refractivity contribution in [3.63, 3.8) is 0 Å². The Morgan fingerprint density at radius 1 is 0.800 bits per heavy atom. The molecule has 2 saturated heterocycles. The fourth-order valence-corrected chi connectivity index (χ4v) is 3.43. The maximum atomic E-state index is 5.57. The normalized spacial score (nSPS) is 18.6. The number of nitrogens with zero attached hydrogens (tertiary/aromatic N) is 3. The highest BCUT2D eigenvalue weighted by Gasteiger charge is 2.20. The van der Waals surface area contributed by atoms with Crippen molar-refractivity contribution in [3.8, 4) is 0 Å². The Balaban J connectivity index is 1.78. The molecular weight excluding hydrogens is 286 g/mol. The Bertz CT molecular complexity index is 474. The van der Waals surface area contributed by atoms with Crippen LogP contribution in [0.15, 0.2) is 18.2 Å². The van der Waals surface area contributed by atoms with Crippen molar-refractivity contribution in [2.75, 3.05) is 26.2 Å². The third-order valence-corrected chi connectivity index (χ3v) is 4.91. The zero-order chi connectivity index (χ0) is 13.9. The fraction of sp³-hybridized carbons (Fsp3) is 0.533. The highest BCUT2D eigenvalue weighted by Crippen LogP contribution is 2.16. The number of pyridine rings is 1. The number of aromatic nitrogens is 1. The maximum Gasteiger partial charge on any atom is 0.127 e. The van der Waals surface area contributed by atoms with E-state index in [1.54, 1.807) is 0 Å². The minimum absolute atomic E-state index is 0.869. The van der Waals surface area contributed by atoms with Gasteiger partial charge in [-0.15, -0.1) is 0 Å². The number of hydrogen-bond donors (Lipinski definition) is 0. The second-order valence-electron chi connectivity index (χ2n) is 5.41. The molecule has 3 nitrogen and oxygen atoms in total. The van der Waals surface area contributed by atoms with Gasteiger partial charge >= 0.3 is 0 Å². The molecule has 0 aliphatic carbocycles. The van der Waals surface area contributed by atoms with Gasteiger partial charge in [0.05, 0.1) is 11.4 Å². The predicted molar refractivity (Wildman–Crippen MR) is 89.3 cm³/mol. The lowest BCUT2D eigenvalue weighted by Gasteiger charge is -2.20. The SMILES string of the molecule is S=C(c1cccc(C(=S)N2CCCC2)n1)N1CCCC1. The molecule has 2 aliphatic rings. The van der Waals surface area contributed by atoms with Crippen molar-refractivity contribution in [1.29, 1.82) is 0 Å². The maximum absolute atomic E-state index is 5.57. The number of likely N-dealkylation sites (tertiary alicyclic amines) is 2. The summed E-state index contributed by atoms with van der Waals surface area (Å²) >= 11 is 11.1. The van der Waals surface area contributed by atoms with Crippen molar-refractivity contribution >= 4 is 34.4 Å². The fourth-order valence-electron chi connectivity index (χ4n) is 2.84. The Morgan fingerprint density at radius 2 is 1.20 bits per heavy atom. The summed E-state index contributed by atoms with van der Waals surface area (Å²) < 4.78 is 0. The van der Waals surface area contributed by atoms with Gasteiger partial charge in [0.25, 0.3) is 0 Å². The van der Waals surface area contributed by atoms with Crippen LogP contribution in [0.1, 0.15) is 37.1 Å². The van der Waals surface area contributed by atoms with Crippen LogP contribution in [0.4, 0.5) is 0 Å². The molecule has 0 amide bonds. The van der Waals surface area contributed by atoms with Gasteiger partial charge in [-0.1, -0.05) is 30.5 Å². The summed E-state index contributed by atoms with van der Waals surface area (Å²) in [6.07, 6.45) is 4.91. The topological polar surface area (TPSA) is 19.4 Å². The molecule has 1 aromatic heterocycles. The van der Waals surface area contributed by atoms with Gasteiger partial charge in [-0.3, -0.25) is 0 Å². The Labute approximate surface area is 131 Å². The van der Waals surface area contributed by atoms with E-state index in [4.69, 9.17) is 29.4 Å². The number of rotatable bonds is 2. The van der Waals surface area contributed by atoms with Crippen LogP contribution in [-0.2, 0) is 0 Å². The standard InChI is InChI=1S/C15H19N3S2/c19-14(17-8-1-2-9-17)12-6-5-7-13(16-12)15(20)18-10-3-4-11-18/h5-7H,1-4,8-11H2. The van der Waals surface area contributed by atoms with Gasteiger partial charge in [-0.2, -0.15) is 0 Å². The first kappa shape index (κ1) is 13.9. The molecule has 1 aromatic rings. The largest absolute Gasteiger partial charge is 0.361 e. The van der Waals surface area contributed by atoms with E-state index in [9.17, 15) is 0 Å². The first-order chi connectivity index (χ1) is 9.75. The molecule has 3 rings (SSSR count).